The molecule has 0 saturated carbocycles. The van der Waals surface area contributed by atoms with Crippen molar-refractivity contribution < 1.29 is 18.6 Å². The van der Waals surface area contributed by atoms with Crippen LogP contribution in [-0.2, 0) is 17.6 Å². The van der Waals surface area contributed by atoms with Crippen molar-refractivity contribution in [2.75, 3.05) is 66.7 Å². The van der Waals surface area contributed by atoms with Crippen molar-refractivity contribution in [2.45, 2.75) is 12.8 Å². The van der Waals surface area contributed by atoms with Gasteiger partial charge in [-0.1, -0.05) is 6.07 Å². The zero-order valence-electron chi connectivity index (χ0n) is 18.6. The van der Waals surface area contributed by atoms with E-state index in [0.717, 1.165) is 88.5 Å². The summed E-state index contributed by atoms with van der Waals surface area (Å²) in [7, 11) is 3.30. The number of aliphatic imine (C=N–C) groups is 1. The molecular formula is C23H34N4O4. The maximum Gasteiger partial charge on any atom is 0.191 e. The Hall–Kier alpha value is -2.71. The Labute approximate surface area is 184 Å². The van der Waals surface area contributed by atoms with E-state index in [4.69, 9.17) is 23.6 Å². The van der Waals surface area contributed by atoms with Gasteiger partial charge < -0.3 is 29.3 Å². The van der Waals surface area contributed by atoms with Crippen LogP contribution >= 0.6 is 0 Å². The second kappa shape index (κ2) is 12.9. The van der Waals surface area contributed by atoms with E-state index in [1.165, 1.54) is 5.56 Å². The number of morpholine rings is 1. The summed E-state index contributed by atoms with van der Waals surface area (Å²) >= 11 is 0. The molecule has 0 radical (unpaired) electrons. The number of methoxy groups -OCH3 is 2. The first-order valence-electron chi connectivity index (χ1n) is 10.8. The van der Waals surface area contributed by atoms with Gasteiger partial charge in [0, 0.05) is 39.1 Å². The van der Waals surface area contributed by atoms with Crippen molar-refractivity contribution in [1.82, 2.24) is 15.5 Å². The molecule has 3 rings (SSSR count). The van der Waals surface area contributed by atoms with Crippen LogP contribution in [0.15, 0.2) is 46.0 Å². The topological polar surface area (TPSA) is 80.5 Å². The highest BCUT2D eigenvalue weighted by Crippen LogP contribution is 2.27. The third-order valence-corrected chi connectivity index (χ3v) is 5.19. The predicted octanol–water partition coefficient (Wildman–Crippen LogP) is 1.95. The van der Waals surface area contributed by atoms with Gasteiger partial charge in [-0.3, -0.25) is 9.89 Å². The first-order valence-corrected chi connectivity index (χ1v) is 10.8. The molecule has 0 bridgehead atoms. The maximum atomic E-state index is 5.41. The first-order chi connectivity index (χ1) is 15.3. The highest BCUT2D eigenvalue weighted by atomic mass is 16.5. The highest BCUT2D eigenvalue weighted by Gasteiger charge is 2.10. The third kappa shape index (κ3) is 7.80. The van der Waals surface area contributed by atoms with Crippen LogP contribution in [0.3, 0.4) is 0 Å². The quantitative estimate of drug-likeness (QED) is 0.417. The van der Waals surface area contributed by atoms with E-state index >= 15 is 0 Å². The van der Waals surface area contributed by atoms with E-state index in [-0.39, 0.29) is 0 Å². The Morgan fingerprint density at radius 1 is 1.03 bits per heavy atom. The van der Waals surface area contributed by atoms with Crippen LogP contribution in [0.2, 0.25) is 0 Å². The van der Waals surface area contributed by atoms with Crippen molar-refractivity contribution in [3.8, 4) is 11.5 Å². The Bertz CT molecular complexity index is 789. The van der Waals surface area contributed by atoms with Crippen LogP contribution in [0.1, 0.15) is 11.3 Å². The smallest absolute Gasteiger partial charge is 0.191 e. The van der Waals surface area contributed by atoms with Crippen molar-refractivity contribution >= 4 is 5.96 Å². The van der Waals surface area contributed by atoms with Gasteiger partial charge in [0.05, 0.1) is 40.2 Å². The van der Waals surface area contributed by atoms with Gasteiger partial charge in [-0.05, 0) is 36.2 Å². The standard InChI is InChI=1S/C23H34N4O4/c1-28-21-6-5-19(18-22(21)29-2)7-9-24-23(25-10-8-20-4-3-15-31-20)26-11-12-27-13-16-30-17-14-27/h3-6,15,18H,7-14,16-17H2,1-2H3,(H2,24,25,26). The molecule has 0 unspecified atom stereocenters. The molecule has 1 aromatic carbocycles. The van der Waals surface area contributed by atoms with Crippen LogP contribution in [-0.4, -0.2) is 77.6 Å². The maximum absolute atomic E-state index is 5.41. The van der Waals surface area contributed by atoms with E-state index in [1.54, 1.807) is 20.5 Å². The number of rotatable bonds is 11. The molecule has 8 nitrogen and oxygen atoms in total. The molecule has 31 heavy (non-hydrogen) atoms. The van der Waals surface area contributed by atoms with E-state index < -0.39 is 0 Å². The van der Waals surface area contributed by atoms with Gasteiger partial charge in [-0.25, -0.2) is 0 Å². The van der Waals surface area contributed by atoms with E-state index in [9.17, 15) is 0 Å². The molecular weight excluding hydrogens is 396 g/mol. The van der Waals surface area contributed by atoms with Crippen LogP contribution in [0, 0.1) is 0 Å². The SMILES string of the molecule is COc1ccc(CCNC(=NCCN2CCOCC2)NCCc2ccco2)cc1OC. The van der Waals surface area contributed by atoms with Gasteiger partial charge in [0.1, 0.15) is 5.76 Å². The summed E-state index contributed by atoms with van der Waals surface area (Å²) in [6.45, 7) is 6.76. The number of nitrogens with one attached hydrogen (secondary N) is 2. The largest absolute Gasteiger partial charge is 0.493 e. The van der Waals surface area contributed by atoms with E-state index in [0.29, 0.717) is 0 Å². The number of ether oxygens (including phenoxy) is 3. The summed E-state index contributed by atoms with van der Waals surface area (Å²) < 4.78 is 21.5. The summed E-state index contributed by atoms with van der Waals surface area (Å²) in [4.78, 5) is 7.15. The summed E-state index contributed by atoms with van der Waals surface area (Å²) in [5.41, 5.74) is 1.17. The van der Waals surface area contributed by atoms with Crippen LogP contribution in [0.25, 0.3) is 0 Å². The second-order valence-corrected chi connectivity index (χ2v) is 7.31. The third-order valence-electron chi connectivity index (χ3n) is 5.19. The molecule has 2 heterocycles. The average Bonchev–Trinajstić information content (AvgIpc) is 3.33. The molecule has 0 amide bonds. The number of nitrogens with zero attached hydrogens (tertiary/aromatic N) is 2. The van der Waals surface area contributed by atoms with Crippen LogP contribution in [0.4, 0.5) is 0 Å². The fourth-order valence-electron chi connectivity index (χ4n) is 3.42. The van der Waals surface area contributed by atoms with Crippen molar-refractivity contribution in [2.24, 2.45) is 4.99 Å². The Balaban J connectivity index is 1.50. The molecule has 1 fully saturated rings. The second-order valence-electron chi connectivity index (χ2n) is 7.31. The van der Waals surface area contributed by atoms with Crippen molar-refractivity contribution in [3.05, 3.63) is 47.9 Å². The van der Waals surface area contributed by atoms with Gasteiger partial charge in [0.2, 0.25) is 0 Å². The number of hydrogen-bond donors (Lipinski definition) is 2. The zero-order valence-corrected chi connectivity index (χ0v) is 18.6. The summed E-state index contributed by atoms with van der Waals surface area (Å²) in [6.07, 6.45) is 3.36. The van der Waals surface area contributed by atoms with Crippen molar-refractivity contribution in [1.29, 1.82) is 0 Å². The lowest BCUT2D eigenvalue weighted by Crippen LogP contribution is -2.41. The zero-order chi connectivity index (χ0) is 21.7. The van der Waals surface area contributed by atoms with Gasteiger partial charge >= 0.3 is 0 Å². The van der Waals surface area contributed by atoms with Crippen LogP contribution < -0.4 is 20.1 Å². The molecule has 0 spiro atoms. The minimum absolute atomic E-state index is 0.740. The Kier molecular flexibility index (Phi) is 9.53. The molecule has 1 aliphatic heterocycles. The Morgan fingerprint density at radius 3 is 2.52 bits per heavy atom. The molecule has 0 aliphatic carbocycles. The average molecular weight is 431 g/mol. The van der Waals surface area contributed by atoms with E-state index in [1.807, 2.05) is 24.3 Å². The number of furan rings is 1. The molecule has 170 valence electrons. The fraction of sp³-hybridized carbons (Fsp3) is 0.522. The van der Waals surface area contributed by atoms with Crippen LogP contribution in [0.5, 0.6) is 11.5 Å². The molecule has 1 saturated heterocycles. The minimum Gasteiger partial charge on any atom is -0.493 e. The first kappa shape index (κ1) is 23.0. The lowest BCUT2D eigenvalue weighted by Gasteiger charge is -2.25. The van der Waals surface area contributed by atoms with Gasteiger partial charge in [-0.15, -0.1) is 0 Å². The lowest BCUT2D eigenvalue weighted by atomic mass is 10.1. The molecule has 1 aromatic heterocycles. The summed E-state index contributed by atoms with van der Waals surface area (Å²) in [6, 6.07) is 9.91. The van der Waals surface area contributed by atoms with Gasteiger partial charge in [0.25, 0.3) is 0 Å². The monoisotopic (exact) mass is 430 g/mol. The summed E-state index contributed by atoms with van der Waals surface area (Å²) in [5.74, 6) is 3.27. The number of guanidine groups is 1. The lowest BCUT2D eigenvalue weighted by molar-refractivity contribution is 0.0394. The molecule has 2 aromatic rings. The van der Waals surface area contributed by atoms with Gasteiger partial charge in [0.15, 0.2) is 17.5 Å². The molecule has 1 aliphatic rings. The fourth-order valence-corrected chi connectivity index (χ4v) is 3.42. The highest BCUT2D eigenvalue weighted by molar-refractivity contribution is 5.79. The predicted molar refractivity (Wildman–Crippen MR) is 121 cm³/mol. The minimum atomic E-state index is 0.740. The van der Waals surface area contributed by atoms with E-state index in [2.05, 4.69) is 21.6 Å². The molecule has 8 heteroatoms. The summed E-state index contributed by atoms with van der Waals surface area (Å²) in [5, 5.41) is 6.86. The van der Waals surface area contributed by atoms with Crippen molar-refractivity contribution in [3.63, 3.8) is 0 Å². The number of hydrogen-bond acceptors (Lipinski definition) is 6. The number of benzene rings is 1. The van der Waals surface area contributed by atoms with Gasteiger partial charge in [-0.2, -0.15) is 0 Å². The normalized spacial score (nSPS) is 15.0. The Morgan fingerprint density at radius 2 is 1.81 bits per heavy atom. The molecule has 0 atom stereocenters. The molecule has 2 N–H and O–H groups in total.